The van der Waals surface area contributed by atoms with Crippen LogP contribution in [0.3, 0.4) is 0 Å². The molecule has 0 amide bonds. The monoisotopic (exact) mass is 256 g/mol. The smallest absolute Gasteiger partial charge is 0.150 e. The molecule has 0 atom stereocenters. The molecule has 1 aromatic heterocycles. The lowest BCUT2D eigenvalue weighted by atomic mass is 10.0. The number of hydrogen-bond donors (Lipinski definition) is 0. The maximum atomic E-state index is 10.9. The van der Waals surface area contributed by atoms with Crippen LogP contribution in [0.4, 0.5) is 0 Å². The lowest BCUT2D eigenvalue weighted by Crippen LogP contribution is -2.07. The van der Waals surface area contributed by atoms with Gasteiger partial charge in [0.05, 0.1) is 6.10 Å². The molecule has 0 saturated carbocycles. The number of benzene rings is 1. The van der Waals surface area contributed by atoms with Crippen LogP contribution < -0.4 is 4.74 Å². The minimum atomic E-state index is 0.0622. The summed E-state index contributed by atoms with van der Waals surface area (Å²) in [5, 5.41) is 0. The SMILES string of the molecule is Cc1ncc(-c2cc(C=O)ccc2OC(C)C)cn1. The molecule has 0 unspecified atom stereocenters. The Hall–Kier alpha value is -2.23. The molecular weight excluding hydrogens is 240 g/mol. The number of ether oxygens (including phenoxy) is 1. The third-order valence-electron chi connectivity index (χ3n) is 2.59. The van der Waals surface area contributed by atoms with Crippen LogP contribution in [-0.2, 0) is 0 Å². The minimum absolute atomic E-state index is 0.0622. The third-order valence-corrected chi connectivity index (χ3v) is 2.59. The number of aromatic nitrogens is 2. The van der Waals surface area contributed by atoms with Gasteiger partial charge in [-0.25, -0.2) is 9.97 Å². The van der Waals surface area contributed by atoms with Gasteiger partial charge in [0.15, 0.2) is 0 Å². The molecule has 0 bridgehead atoms. The van der Waals surface area contributed by atoms with Crippen molar-refractivity contribution in [1.29, 1.82) is 0 Å². The number of carbonyl (C=O) groups excluding carboxylic acids is 1. The zero-order chi connectivity index (χ0) is 13.8. The van der Waals surface area contributed by atoms with Gasteiger partial charge < -0.3 is 4.74 Å². The molecule has 1 aromatic carbocycles. The first-order chi connectivity index (χ1) is 9.10. The normalized spacial score (nSPS) is 10.5. The summed E-state index contributed by atoms with van der Waals surface area (Å²) >= 11 is 0. The predicted molar refractivity (Wildman–Crippen MR) is 73.4 cm³/mol. The van der Waals surface area contributed by atoms with Gasteiger partial charge in [-0.1, -0.05) is 0 Å². The van der Waals surface area contributed by atoms with Crippen molar-refractivity contribution in [3.63, 3.8) is 0 Å². The summed E-state index contributed by atoms with van der Waals surface area (Å²) in [6, 6.07) is 5.33. The first-order valence-electron chi connectivity index (χ1n) is 6.15. The fourth-order valence-electron chi connectivity index (χ4n) is 1.73. The Labute approximate surface area is 112 Å². The molecule has 4 nitrogen and oxygen atoms in total. The van der Waals surface area contributed by atoms with Crippen molar-refractivity contribution in [2.45, 2.75) is 26.9 Å². The van der Waals surface area contributed by atoms with Crippen LogP contribution in [0.25, 0.3) is 11.1 Å². The van der Waals surface area contributed by atoms with Gasteiger partial charge in [-0.2, -0.15) is 0 Å². The Bertz CT molecular complexity index is 577. The van der Waals surface area contributed by atoms with E-state index in [0.717, 1.165) is 23.2 Å². The second kappa shape index (κ2) is 5.61. The summed E-state index contributed by atoms with van der Waals surface area (Å²) in [5.74, 6) is 1.44. The molecular formula is C15H16N2O2. The van der Waals surface area contributed by atoms with Crippen LogP contribution in [0.1, 0.15) is 30.0 Å². The van der Waals surface area contributed by atoms with Crippen molar-refractivity contribution in [2.75, 3.05) is 0 Å². The van der Waals surface area contributed by atoms with Crippen LogP contribution in [0.2, 0.25) is 0 Å². The molecule has 0 fully saturated rings. The largest absolute Gasteiger partial charge is 0.490 e. The zero-order valence-corrected chi connectivity index (χ0v) is 11.3. The maximum Gasteiger partial charge on any atom is 0.150 e. The first-order valence-corrected chi connectivity index (χ1v) is 6.15. The highest BCUT2D eigenvalue weighted by Crippen LogP contribution is 2.30. The summed E-state index contributed by atoms with van der Waals surface area (Å²) in [6.45, 7) is 5.75. The molecule has 19 heavy (non-hydrogen) atoms. The van der Waals surface area contributed by atoms with Crippen molar-refractivity contribution < 1.29 is 9.53 Å². The molecule has 1 heterocycles. The maximum absolute atomic E-state index is 10.9. The van der Waals surface area contributed by atoms with Crippen molar-refractivity contribution in [3.05, 3.63) is 42.0 Å². The average molecular weight is 256 g/mol. The Morgan fingerprint density at radius 3 is 2.47 bits per heavy atom. The van der Waals surface area contributed by atoms with E-state index in [1.807, 2.05) is 20.8 Å². The van der Waals surface area contributed by atoms with Crippen molar-refractivity contribution in [3.8, 4) is 16.9 Å². The third kappa shape index (κ3) is 3.16. The fourth-order valence-corrected chi connectivity index (χ4v) is 1.73. The Balaban J connectivity index is 2.51. The highest BCUT2D eigenvalue weighted by atomic mass is 16.5. The molecule has 98 valence electrons. The van der Waals surface area contributed by atoms with E-state index in [4.69, 9.17) is 4.74 Å². The van der Waals surface area contributed by atoms with E-state index in [1.165, 1.54) is 0 Å². The van der Waals surface area contributed by atoms with Crippen LogP contribution in [0.5, 0.6) is 5.75 Å². The molecule has 0 saturated heterocycles. The Morgan fingerprint density at radius 2 is 1.89 bits per heavy atom. The van der Waals surface area contributed by atoms with Gasteiger partial charge in [0.1, 0.15) is 17.9 Å². The quantitative estimate of drug-likeness (QED) is 0.789. The topological polar surface area (TPSA) is 52.1 Å². The molecule has 2 rings (SSSR count). The van der Waals surface area contributed by atoms with Gasteiger partial charge in [0, 0.05) is 29.1 Å². The summed E-state index contributed by atoms with van der Waals surface area (Å²) < 4.78 is 5.76. The molecule has 0 aliphatic rings. The highest BCUT2D eigenvalue weighted by Gasteiger charge is 2.10. The molecule has 2 aromatic rings. The number of rotatable bonds is 4. The van der Waals surface area contributed by atoms with E-state index in [0.29, 0.717) is 11.4 Å². The second-order valence-electron chi connectivity index (χ2n) is 4.56. The standard InChI is InChI=1S/C15H16N2O2/c1-10(2)19-15-5-4-12(9-18)6-14(15)13-7-16-11(3)17-8-13/h4-10H,1-3H3. The zero-order valence-electron chi connectivity index (χ0n) is 11.3. The van der Waals surface area contributed by atoms with Crippen molar-refractivity contribution in [1.82, 2.24) is 9.97 Å². The van der Waals surface area contributed by atoms with E-state index in [-0.39, 0.29) is 6.10 Å². The number of aldehydes is 1. The van der Waals surface area contributed by atoms with Gasteiger partial charge >= 0.3 is 0 Å². The number of carbonyl (C=O) groups is 1. The predicted octanol–water partition coefficient (Wildman–Crippen LogP) is 3.05. The van der Waals surface area contributed by atoms with Crippen molar-refractivity contribution >= 4 is 6.29 Å². The van der Waals surface area contributed by atoms with E-state index in [2.05, 4.69) is 9.97 Å². The average Bonchev–Trinajstić information content (AvgIpc) is 2.40. The summed E-state index contributed by atoms with van der Waals surface area (Å²) in [5.41, 5.74) is 2.27. The second-order valence-corrected chi connectivity index (χ2v) is 4.56. The van der Waals surface area contributed by atoms with Crippen LogP contribution in [-0.4, -0.2) is 22.4 Å². The molecule has 0 aliphatic heterocycles. The van der Waals surface area contributed by atoms with Gasteiger partial charge in [0.2, 0.25) is 0 Å². The Morgan fingerprint density at radius 1 is 1.21 bits per heavy atom. The summed E-state index contributed by atoms with van der Waals surface area (Å²) in [6.07, 6.45) is 4.35. The molecule has 0 N–H and O–H groups in total. The fraction of sp³-hybridized carbons (Fsp3) is 0.267. The summed E-state index contributed by atoms with van der Waals surface area (Å²) in [7, 11) is 0. The number of nitrogens with zero attached hydrogens (tertiary/aromatic N) is 2. The molecule has 4 heteroatoms. The van der Waals surface area contributed by atoms with E-state index < -0.39 is 0 Å². The summed E-state index contributed by atoms with van der Waals surface area (Å²) in [4.78, 5) is 19.3. The van der Waals surface area contributed by atoms with Crippen LogP contribution in [0.15, 0.2) is 30.6 Å². The highest BCUT2D eigenvalue weighted by molar-refractivity contribution is 5.81. The molecule has 0 radical (unpaired) electrons. The van der Waals surface area contributed by atoms with Crippen LogP contribution >= 0.6 is 0 Å². The van der Waals surface area contributed by atoms with Gasteiger partial charge in [-0.3, -0.25) is 4.79 Å². The van der Waals surface area contributed by atoms with Crippen molar-refractivity contribution in [2.24, 2.45) is 0 Å². The molecule has 0 spiro atoms. The van der Waals surface area contributed by atoms with Gasteiger partial charge in [0.25, 0.3) is 0 Å². The van der Waals surface area contributed by atoms with Gasteiger partial charge in [-0.15, -0.1) is 0 Å². The minimum Gasteiger partial charge on any atom is -0.490 e. The van der Waals surface area contributed by atoms with E-state index in [1.54, 1.807) is 30.6 Å². The lowest BCUT2D eigenvalue weighted by molar-refractivity contribution is 0.112. The first kappa shape index (κ1) is 13.2. The van der Waals surface area contributed by atoms with Crippen LogP contribution in [0, 0.1) is 6.92 Å². The molecule has 0 aliphatic carbocycles. The lowest BCUT2D eigenvalue weighted by Gasteiger charge is -2.14. The number of hydrogen-bond acceptors (Lipinski definition) is 4. The van der Waals surface area contributed by atoms with Gasteiger partial charge in [-0.05, 0) is 39.0 Å². The number of aryl methyl sites for hydroxylation is 1. The van der Waals surface area contributed by atoms with E-state index in [9.17, 15) is 4.79 Å². The van der Waals surface area contributed by atoms with E-state index >= 15 is 0 Å². The Kier molecular flexibility index (Phi) is 3.90.